The van der Waals surface area contributed by atoms with Gasteiger partial charge in [0, 0.05) is 36.1 Å². The van der Waals surface area contributed by atoms with Crippen LogP contribution in [0.5, 0.6) is 0 Å². The van der Waals surface area contributed by atoms with Crippen molar-refractivity contribution in [1.82, 2.24) is 15.0 Å². The molecule has 2 atom stereocenters. The van der Waals surface area contributed by atoms with Crippen molar-refractivity contribution in [2.45, 2.75) is 29.4 Å². The van der Waals surface area contributed by atoms with E-state index in [-0.39, 0.29) is 5.41 Å². The summed E-state index contributed by atoms with van der Waals surface area (Å²) >= 11 is 7.53. The number of aromatic nitrogens is 3. The molecule has 9 heteroatoms. The zero-order valence-corrected chi connectivity index (χ0v) is 15.5. The summed E-state index contributed by atoms with van der Waals surface area (Å²) in [4.78, 5) is 15.7. The number of aliphatic hydroxyl groups excluding tert-OH is 1. The number of nitrogen functional groups attached to an aromatic ring is 1. The van der Waals surface area contributed by atoms with E-state index in [9.17, 15) is 5.11 Å². The fraction of sp³-hybridized carbons (Fsp3) is 0.438. The first-order valence-electron chi connectivity index (χ1n) is 7.96. The van der Waals surface area contributed by atoms with E-state index in [0.29, 0.717) is 29.0 Å². The molecule has 1 saturated heterocycles. The molecule has 2 aromatic rings. The van der Waals surface area contributed by atoms with E-state index in [1.54, 1.807) is 24.7 Å². The molecule has 1 aliphatic heterocycles. The molecule has 25 heavy (non-hydrogen) atoms. The number of β-amino-alcohol motifs (C(OH)–C–C–N with tert-alkyl or cyclic N) is 1. The molecule has 3 rings (SSSR count). The summed E-state index contributed by atoms with van der Waals surface area (Å²) in [7, 11) is 0. The van der Waals surface area contributed by atoms with Gasteiger partial charge in [0.25, 0.3) is 0 Å². The van der Waals surface area contributed by atoms with Crippen molar-refractivity contribution in [2.75, 3.05) is 30.3 Å². The highest BCUT2D eigenvalue weighted by atomic mass is 35.5. The Kier molecular flexibility index (Phi) is 5.33. The van der Waals surface area contributed by atoms with Gasteiger partial charge in [-0.2, -0.15) is 0 Å². The van der Waals surface area contributed by atoms with Gasteiger partial charge in [-0.05, 0) is 12.5 Å². The molecule has 0 aromatic carbocycles. The lowest BCUT2D eigenvalue weighted by Crippen LogP contribution is -2.53. The van der Waals surface area contributed by atoms with Crippen molar-refractivity contribution in [3.63, 3.8) is 0 Å². The summed E-state index contributed by atoms with van der Waals surface area (Å²) in [6.45, 7) is 3.78. The molecule has 7 nitrogen and oxygen atoms in total. The van der Waals surface area contributed by atoms with Crippen molar-refractivity contribution >= 4 is 35.0 Å². The van der Waals surface area contributed by atoms with Crippen LogP contribution >= 0.6 is 23.4 Å². The number of hydrogen-bond acceptors (Lipinski definition) is 8. The molecule has 0 unspecified atom stereocenters. The first-order valence-corrected chi connectivity index (χ1v) is 9.15. The van der Waals surface area contributed by atoms with E-state index in [2.05, 4.69) is 15.0 Å². The molecule has 1 aliphatic rings. The van der Waals surface area contributed by atoms with Crippen molar-refractivity contribution < 1.29 is 5.11 Å². The third-order valence-corrected chi connectivity index (χ3v) is 6.14. The Hall–Kier alpha value is -1.61. The van der Waals surface area contributed by atoms with Crippen molar-refractivity contribution in [3.8, 4) is 0 Å². The van der Waals surface area contributed by atoms with Gasteiger partial charge in [-0.3, -0.25) is 0 Å². The van der Waals surface area contributed by atoms with E-state index >= 15 is 0 Å². The quantitative estimate of drug-likeness (QED) is 0.735. The second-order valence-electron chi connectivity index (χ2n) is 6.39. The molecule has 0 amide bonds. The van der Waals surface area contributed by atoms with Crippen molar-refractivity contribution in [2.24, 2.45) is 11.1 Å². The van der Waals surface area contributed by atoms with Gasteiger partial charge in [0.05, 0.1) is 23.5 Å². The number of nitrogens with zero attached hydrogens (tertiary/aromatic N) is 4. The van der Waals surface area contributed by atoms with Gasteiger partial charge in [-0.15, -0.1) is 0 Å². The molecular formula is C16H21ClN6OS. The normalized spacial score (nSPS) is 23.7. The van der Waals surface area contributed by atoms with Crippen LogP contribution in [0.2, 0.25) is 5.02 Å². The van der Waals surface area contributed by atoms with Crippen LogP contribution < -0.4 is 16.4 Å². The third kappa shape index (κ3) is 3.82. The van der Waals surface area contributed by atoms with Gasteiger partial charge in [0.15, 0.2) is 0 Å². The maximum Gasteiger partial charge on any atom is 0.147 e. The lowest BCUT2D eigenvalue weighted by Gasteiger charge is -2.43. The zero-order valence-electron chi connectivity index (χ0n) is 13.9. The predicted molar refractivity (Wildman–Crippen MR) is 99.8 cm³/mol. The van der Waals surface area contributed by atoms with Gasteiger partial charge >= 0.3 is 0 Å². The predicted octanol–water partition coefficient (Wildman–Crippen LogP) is 1.79. The highest BCUT2D eigenvalue weighted by Gasteiger charge is 2.37. The van der Waals surface area contributed by atoms with Crippen LogP contribution in [0.4, 0.5) is 11.6 Å². The fourth-order valence-corrected chi connectivity index (χ4v) is 3.67. The number of rotatable bonds is 4. The smallest absolute Gasteiger partial charge is 0.147 e. The topological polar surface area (TPSA) is 114 Å². The first kappa shape index (κ1) is 18.2. The van der Waals surface area contributed by atoms with Crippen LogP contribution in [0.25, 0.3) is 0 Å². The number of pyridine rings is 1. The number of piperidine rings is 1. The highest BCUT2D eigenvalue weighted by Crippen LogP contribution is 2.35. The SMILES string of the molecule is C[C@]1(CN)CCN(c2cnc(Sc3ccnc(N)c3Cl)cn2)C[C@H]1O. The van der Waals surface area contributed by atoms with E-state index in [4.69, 9.17) is 23.1 Å². The second kappa shape index (κ2) is 7.33. The van der Waals surface area contributed by atoms with Crippen LogP contribution in [-0.4, -0.2) is 45.8 Å². The van der Waals surface area contributed by atoms with Crippen molar-refractivity contribution in [3.05, 3.63) is 29.7 Å². The Balaban J connectivity index is 1.70. The Bertz CT molecular complexity index is 746. The molecule has 0 radical (unpaired) electrons. The van der Waals surface area contributed by atoms with Gasteiger partial charge in [-0.1, -0.05) is 30.3 Å². The second-order valence-corrected chi connectivity index (χ2v) is 7.83. The van der Waals surface area contributed by atoms with E-state index in [0.717, 1.165) is 23.7 Å². The van der Waals surface area contributed by atoms with Gasteiger partial charge in [0.1, 0.15) is 16.7 Å². The number of aliphatic hydroxyl groups is 1. The van der Waals surface area contributed by atoms with Crippen LogP contribution in [-0.2, 0) is 0 Å². The summed E-state index contributed by atoms with van der Waals surface area (Å²) in [6.07, 6.45) is 5.33. The summed E-state index contributed by atoms with van der Waals surface area (Å²) in [5, 5.41) is 11.5. The Labute approximate surface area is 155 Å². The van der Waals surface area contributed by atoms with Crippen LogP contribution in [0, 0.1) is 5.41 Å². The molecule has 0 bridgehead atoms. The largest absolute Gasteiger partial charge is 0.391 e. The lowest BCUT2D eigenvalue weighted by atomic mass is 9.78. The Morgan fingerprint density at radius 2 is 2.20 bits per heavy atom. The molecule has 0 spiro atoms. The summed E-state index contributed by atoms with van der Waals surface area (Å²) in [5.74, 6) is 1.03. The molecule has 5 N–H and O–H groups in total. The molecule has 134 valence electrons. The van der Waals surface area contributed by atoms with Crippen molar-refractivity contribution in [1.29, 1.82) is 0 Å². The minimum Gasteiger partial charge on any atom is -0.391 e. The Morgan fingerprint density at radius 1 is 1.40 bits per heavy atom. The standard InChI is InChI=1S/C16H21ClN6OS/c1-16(9-18)3-5-23(8-11(16)24)12-6-22-13(7-21-12)25-10-2-4-20-15(19)14(10)17/h2,4,6-7,11,24H,3,5,8-9,18H2,1H3,(H2,19,20)/t11-,16-/m1/s1. The molecule has 0 saturated carbocycles. The average Bonchev–Trinajstić information content (AvgIpc) is 2.62. The zero-order chi connectivity index (χ0) is 18.0. The van der Waals surface area contributed by atoms with E-state index < -0.39 is 6.10 Å². The maximum absolute atomic E-state index is 10.4. The highest BCUT2D eigenvalue weighted by molar-refractivity contribution is 7.99. The summed E-state index contributed by atoms with van der Waals surface area (Å²) in [6, 6.07) is 1.79. The molecular weight excluding hydrogens is 360 g/mol. The van der Waals surface area contributed by atoms with E-state index in [1.165, 1.54) is 11.8 Å². The monoisotopic (exact) mass is 380 g/mol. The lowest BCUT2D eigenvalue weighted by molar-refractivity contribution is 0.0278. The van der Waals surface area contributed by atoms with Gasteiger partial charge < -0.3 is 21.5 Å². The molecule has 0 aliphatic carbocycles. The number of hydrogen-bond donors (Lipinski definition) is 3. The van der Waals surface area contributed by atoms with Crippen LogP contribution in [0.15, 0.2) is 34.6 Å². The number of anilines is 2. The Morgan fingerprint density at radius 3 is 2.84 bits per heavy atom. The van der Waals surface area contributed by atoms with E-state index in [1.807, 2.05) is 11.8 Å². The van der Waals surface area contributed by atoms with Crippen LogP contribution in [0.3, 0.4) is 0 Å². The average molecular weight is 381 g/mol. The third-order valence-electron chi connectivity index (χ3n) is 4.65. The number of halogens is 1. The maximum atomic E-state index is 10.4. The van der Waals surface area contributed by atoms with Gasteiger partial charge in [0.2, 0.25) is 0 Å². The van der Waals surface area contributed by atoms with Gasteiger partial charge in [-0.25, -0.2) is 15.0 Å². The summed E-state index contributed by atoms with van der Waals surface area (Å²) in [5.41, 5.74) is 11.3. The molecule has 2 aromatic heterocycles. The molecule has 1 fully saturated rings. The minimum atomic E-state index is -0.485. The minimum absolute atomic E-state index is 0.238. The molecule has 3 heterocycles. The number of nitrogens with two attached hydrogens (primary N) is 2. The first-order chi connectivity index (χ1) is 11.9. The fourth-order valence-electron chi connectivity index (χ4n) is 2.68. The van der Waals surface area contributed by atoms with Crippen LogP contribution in [0.1, 0.15) is 13.3 Å². The summed E-state index contributed by atoms with van der Waals surface area (Å²) < 4.78 is 0.